The number of hydrogen-bond acceptors (Lipinski definition) is 4. The zero-order valence-electron chi connectivity index (χ0n) is 15.3. The van der Waals surface area contributed by atoms with Gasteiger partial charge in [-0.3, -0.25) is 9.59 Å². The van der Waals surface area contributed by atoms with E-state index in [2.05, 4.69) is 15.6 Å². The summed E-state index contributed by atoms with van der Waals surface area (Å²) in [4.78, 5) is 29.5. The summed E-state index contributed by atoms with van der Waals surface area (Å²) in [7, 11) is 0. The van der Waals surface area contributed by atoms with Gasteiger partial charge in [0.25, 0.3) is 5.91 Å². The van der Waals surface area contributed by atoms with Crippen molar-refractivity contribution in [2.45, 2.75) is 26.8 Å². The first-order valence-electron chi connectivity index (χ1n) is 8.66. The van der Waals surface area contributed by atoms with Crippen molar-refractivity contribution in [3.63, 3.8) is 0 Å². The van der Waals surface area contributed by atoms with E-state index in [-0.39, 0.29) is 18.2 Å². The lowest BCUT2D eigenvalue weighted by molar-refractivity contribution is -0.115. The van der Waals surface area contributed by atoms with E-state index in [1.165, 1.54) is 16.9 Å². The smallest absolute Gasteiger partial charge is 0.263 e. The van der Waals surface area contributed by atoms with E-state index in [0.29, 0.717) is 22.1 Å². The second kappa shape index (κ2) is 8.60. The van der Waals surface area contributed by atoms with Gasteiger partial charge >= 0.3 is 0 Å². The molecule has 1 heterocycles. The highest BCUT2D eigenvalue weighted by Crippen LogP contribution is 2.19. The number of thiazole rings is 1. The Labute approximate surface area is 162 Å². The molecule has 0 atom stereocenters. The highest BCUT2D eigenvalue weighted by Gasteiger charge is 2.17. The summed E-state index contributed by atoms with van der Waals surface area (Å²) in [5.74, 6) is -0.318. The maximum absolute atomic E-state index is 12.5. The molecule has 0 aliphatic heterocycles. The van der Waals surface area contributed by atoms with Gasteiger partial charge in [-0.15, -0.1) is 11.3 Å². The minimum Gasteiger partial charge on any atom is -0.347 e. The molecule has 2 aromatic carbocycles. The molecule has 0 saturated carbocycles. The Bertz CT molecular complexity index is 934. The van der Waals surface area contributed by atoms with Gasteiger partial charge in [0.1, 0.15) is 9.88 Å². The maximum atomic E-state index is 12.5. The van der Waals surface area contributed by atoms with Gasteiger partial charge < -0.3 is 10.6 Å². The Hall–Kier alpha value is -2.99. The number of anilines is 1. The highest BCUT2D eigenvalue weighted by molar-refractivity contribution is 7.13. The van der Waals surface area contributed by atoms with Crippen LogP contribution >= 0.6 is 11.3 Å². The van der Waals surface area contributed by atoms with E-state index < -0.39 is 0 Å². The molecule has 3 rings (SSSR count). The molecule has 27 heavy (non-hydrogen) atoms. The Kier molecular flexibility index (Phi) is 5.98. The Morgan fingerprint density at radius 3 is 2.41 bits per heavy atom. The predicted octanol–water partition coefficient (Wildman–Crippen LogP) is 3.87. The first kappa shape index (κ1) is 18.8. The van der Waals surface area contributed by atoms with Crippen LogP contribution in [0.5, 0.6) is 0 Å². The van der Waals surface area contributed by atoms with Gasteiger partial charge in [-0.1, -0.05) is 48.0 Å². The van der Waals surface area contributed by atoms with E-state index in [0.717, 1.165) is 11.3 Å². The van der Waals surface area contributed by atoms with Crippen LogP contribution in [0.4, 0.5) is 5.69 Å². The lowest BCUT2D eigenvalue weighted by Crippen LogP contribution is -2.22. The summed E-state index contributed by atoms with van der Waals surface area (Å²) in [6.07, 6.45) is 0.144. The third-order valence-corrected chi connectivity index (χ3v) is 5.15. The van der Waals surface area contributed by atoms with Crippen LogP contribution < -0.4 is 10.6 Å². The molecule has 0 bridgehead atoms. The van der Waals surface area contributed by atoms with E-state index >= 15 is 0 Å². The van der Waals surface area contributed by atoms with Gasteiger partial charge in [-0.25, -0.2) is 4.98 Å². The average Bonchev–Trinajstić information content (AvgIpc) is 3.02. The van der Waals surface area contributed by atoms with Crippen LogP contribution in [0.2, 0.25) is 0 Å². The van der Waals surface area contributed by atoms with Crippen LogP contribution in [-0.4, -0.2) is 16.8 Å². The molecule has 2 N–H and O–H groups in total. The van der Waals surface area contributed by atoms with Crippen molar-refractivity contribution in [2.24, 2.45) is 0 Å². The van der Waals surface area contributed by atoms with Gasteiger partial charge in [0.15, 0.2) is 0 Å². The van der Waals surface area contributed by atoms with Gasteiger partial charge in [-0.05, 0) is 31.5 Å². The Morgan fingerprint density at radius 2 is 1.70 bits per heavy atom. The van der Waals surface area contributed by atoms with Gasteiger partial charge in [-0.2, -0.15) is 0 Å². The molecule has 1 aromatic heterocycles. The molecule has 0 aliphatic rings. The lowest BCUT2D eigenvalue weighted by Gasteiger charge is -2.04. The number of hydrogen-bond donors (Lipinski definition) is 2. The molecular weight excluding hydrogens is 358 g/mol. The number of carbonyl (C=O) groups excluding carboxylic acids is 2. The van der Waals surface area contributed by atoms with Crippen molar-refractivity contribution < 1.29 is 9.59 Å². The van der Waals surface area contributed by atoms with Crippen LogP contribution in [0.3, 0.4) is 0 Å². The molecular formula is C21H21N3O2S. The summed E-state index contributed by atoms with van der Waals surface area (Å²) in [5.41, 5.74) is 3.61. The Balaban J connectivity index is 1.59. The number of carbonyl (C=O) groups is 2. The maximum Gasteiger partial charge on any atom is 0.263 e. The number of amides is 2. The van der Waals surface area contributed by atoms with Crippen LogP contribution in [0.1, 0.15) is 31.5 Å². The van der Waals surface area contributed by atoms with Crippen LogP contribution in [-0.2, 0) is 17.8 Å². The Morgan fingerprint density at radius 1 is 1.00 bits per heavy atom. The molecule has 0 fully saturated rings. The minimum atomic E-state index is -0.166. The van der Waals surface area contributed by atoms with Crippen LogP contribution in [0, 0.1) is 13.8 Å². The number of para-hydroxylation sites is 1. The van der Waals surface area contributed by atoms with E-state index in [1.54, 1.807) is 6.92 Å². The van der Waals surface area contributed by atoms with Crippen LogP contribution in [0.25, 0.3) is 0 Å². The first-order chi connectivity index (χ1) is 13.0. The number of aromatic nitrogens is 1. The highest BCUT2D eigenvalue weighted by atomic mass is 32.1. The molecule has 0 radical (unpaired) electrons. The van der Waals surface area contributed by atoms with Crippen molar-refractivity contribution in [1.82, 2.24) is 10.3 Å². The number of nitrogens with zero attached hydrogens (tertiary/aromatic N) is 1. The quantitative estimate of drug-likeness (QED) is 0.683. The number of benzene rings is 2. The molecule has 0 aliphatic carbocycles. The van der Waals surface area contributed by atoms with Crippen molar-refractivity contribution >= 4 is 28.8 Å². The van der Waals surface area contributed by atoms with Crippen molar-refractivity contribution in [3.05, 3.63) is 81.3 Å². The third kappa shape index (κ3) is 5.24. The fourth-order valence-electron chi connectivity index (χ4n) is 2.57. The molecule has 6 heteroatoms. The van der Waals surface area contributed by atoms with Gasteiger partial charge in [0.05, 0.1) is 12.1 Å². The van der Waals surface area contributed by atoms with E-state index in [1.807, 2.05) is 61.5 Å². The molecule has 2 amide bonds. The predicted molar refractivity (Wildman–Crippen MR) is 108 cm³/mol. The minimum absolute atomic E-state index is 0.144. The van der Waals surface area contributed by atoms with Crippen molar-refractivity contribution in [2.75, 3.05) is 5.32 Å². The van der Waals surface area contributed by atoms with Gasteiger partial charge in [0, 0.05) is 12.2 Å². The van der Waals surface area contributed by atoms with Gasteiger partial charge in [0.2, 0.25) is 5.91 Å². The summed E-state index contributed by atoms with van der Waals surface area (Å²) in [5, 5.41) is 6.37. The fraction of sp³-hybridized carbons (Fsp3) is 0.190. The topological polar surface area (TPSA) is 71.1 Å². The zero-order chi connectivity index (χ0) is 19.2. The second-order valence-corrected chi connectivity index (χ2v) is 7.37. The van der Waals surface area contributed by atoms with Crippen molar-refractivity contribution in [1.29, 1.82) is 0 Å². The summed E-state index contributed by atoms with van der Waals surface area (Å²) < 4.78 is 0. The molecule has 0 unspecified atom stereocenters. The summed E-state index contributed by atoms with van der Waals surface area (Å²) in [6.45, 7) is 4.27. The summed E-state index contributed by atoms with van der Waals surface area (Å²) >= 11 is 1.26. The second-order valence-electron chi connectivity index (χ2n) is 6.28. The van der Waals surface area contributed by atoms with Crippen LogP contribution in [0.15, 0.2) is 54.6 Å². The first-order valence-corrected chi connectivity index (χ1v) is 9.48. The molecule has 3 aromatic rings. The lowest BCUT2D eigenvalue weighted by atomic mass is 10.1. The van der Waals surface area contributed by atoms with E-state index in [4.69, 9.17) is 0 Å². The average molecular weight is 379 g/mol. The fourth-order valence-corrected chi connectivity index (χ4v) is 3.55. The number of nitrogens with one attached hydrogen (secondary N) is 2. The van der Waals surface area contributed by atoms with Crippen molar-refractivity contribution in [3.8, 4) is 0 Å². The normalized spacial score (nSPS) is 10.4. The SMILES string of the molecule is Cc1ccc(CNC(=O)c2sc(CC(=O)Nc3ccccc3)nc2C)cc1. The molecule has 138 valence electrons. The standard InChI is InChI=1S/C21H21N3O2S/c1-14-8-10-16(11-9-14)13-22-21(26)20-15(2)23-19(27-20)12-18(25)24-17-6-4-3-5-7-17/h3-11H,12-13H2,1-2H3,(H,22,26)(H,24,25). The van der Waals surface area contributed by atoms with E-state index in [9.17, 15) is 9.59 Å². The molecule has 5 nitrogen and oxygen atoms in total. The number of rotatable bonds is 6. The molecule has 0 saturated heterocycles. The zero-order valence-corrected chi connectivity index (χ0v) is 16.1. The molecule has 0 spiro atoms. The largest absolute Gasteiger partial charge is 0.347 e. The monoisotopic (exact) mass is 379 g/mol. The number of aryl methyl sites for hydroxylation is 2. The summed E-state index contributed by atoms with van der Waals surface area (Å²) in [6, 6.07) is 17.3. The third-order valence-electron chi connectivity index (χ3n) is 3.99.